The largest absolute Gasteiger partial charge is 0.292 e. The molecule has 0 bridgehead atoms. The first-order valence-electron chi connectivity index (χ1n) is 10.6. The van der Waals surface area contributed by atoms with Gasteiger partial charge in [-0.1, -0.05) is 64.0 Å². The fourth-order valence-electron chi connectivity index (χ4n) is 4.93. The average Bonchev–Trinajstić information content (AvgIpc) is 3.17. The van der Waals surface area contributed by atoms with Crippen molar-refractivity contribution in [1.82, 2.24) is 4.90 Å². The molecule has 2 aliphatic rings. The molecule has 0 unspecified atom stereocenters. The highest BCUT2D eigenvalue weighted by Gasteiger charge is 2.44. The monoisotopic (exact) mass is 496 g/mol. The van der Waals surface area contributed by atoms with Gasteiger partial charge in [-0.25, -0.2) is 8.42 Å². The number of benzene rings is 3. The molecule has 31 heavy (non-hydrogen) atoms. The van der Waals surface area contributed by atoms with E-state index in [-0.39, 0.29) is 12.0 Å². The second-order valence-corrected chi connectivity index (χ2v) is 11.3. The summed E-state index contributed by atoms with van der Waals surface area (Å²) in [6, 6.07) is 23.9. The molecular weight excluding hydrogens is 472 g/mol. The number of anilines is 1. The summed E-state index contributed by atoms with van der Waals surface area (Å²) in [5.41, 5.74) is 4.23. The lowest BCUT2D eigenvalue weighted by Gasteiger charge is -2.40. The third-order valence-corrected chi connectivity index (χ3v) is 8.73. The summed E-state index contributed by atoms with van der Waals surface area (Å²) in [7, 11) is -3.62. The molecule has 4 nitrogen and oxygen atoms in total. The van der Waals surface area contributed by atoms with Gasteiger partial charge in [-0.2, -0.15) is 0 Å². The van der Waals surface area contributed by atoms with E-state index >= 15 is 0 Å². The van der Waals surface area contributed by atoms with Crippen molar-refractivity contribution in [3.8, 4) is 0 Å². The lowest BCUT2D eigenvalue weighted by molar-refractivity contribution is 0.218. The molecule has 1 saturated heterocycles. The first-order chi connectivity index (χ1) is 14.9. The topological polar surface area (TPSA) is 40.6 Å². The van der Waals surface area contributed by atoms with Gasteiger partial charge in [0.2, 0.25) is 0 Å². The van der Waals surface area contributed by atoms with Gasteiger partial charge in [0.05, 0.1) is 10.6 Å². The first kappa shape index (κ1) is 20.7. The van der Waals surface area contributed by atoms with E-state index < -0.39 is 10.0 Å². The maximum atomic E-state index is 13.6. The van der Waals surface area contributed by atoms with Crippen molar-refractivity contribution in [3.05, 3.63) is 94.0 Å². The van der Waals surface area contributed by atoms with Crippen molar-refractivity contribution in [2.24, 2.45) is 5.92 Å². The van der Waals surface area contributed by atoms with E-state index in [0.717, 1.165) is 40.8 Å². The number of sulfonamides is 1. The zero-order valence-electron chi connectivity index (χ0n) is 17.4. The molecule has 3 aromatic carbocycles. The third kappa shape index (κ3) is 3.81. The molecule has 2 heterocycles. The van der Waals surface area contributed by atoms with E-state index in [2.05, 4.69) is 51.2 Å². The second-order valence-electron chi connectivity index (χ2n) is 8.50. The van der Waals surface area contributed by atoms with Crippen molar-refractivity contribution in [2.45, 2.75) is 30.8 Å². The molecule has 0 saturated carbocycles. The molecule has 2 aliphatic heterocycles. The lowest BCUT2D eigenvalue weighted by Crippen LogP contribution is -2.42. The molecule has 1 fully saturated rings. The predicted octanol–water partition coefficient (Wildman–Crippen LogP) is 5.53. The fraction of sp³-hybridized carbons (Fsp3) is 0.280. The van der Waals surface area contributed by atoms with E-state index in [1.165, 1.54) is 5.56 Å². The molecule has 6 heteroatoms. The van der Waals surface area contributed by atoms with E-state index in [1.807, 2.05) is 37.3 Å². The summed E-state index contributed by atoms with van der Waals surface area (Å²) in [6.45, 7) is 4.32. The van der Waals surface area contributed by atoms with Crippen molar-refractivity contribution in [3.63, 3.8) is 0 Å². The number of rotatable bonds is 4. The molecule has 0 aromatic heterocycles. The molecule has 0 N–H and O–H groups in total. The van der Waals surface area contributed by atoms with Crippen LogP contribution in [0.3, 0.4) is 0 Å². The number of aryl methyl sites for hydroxylation is 1. The number of hydrogen-bond acceptors (Lipinski definition) is 3. The van der Waals surface area contributed by atoms with Crippen LogP contribution in [0.4, 0.5) is 5.69 Å². The van der Waals surface area contributed by atoms with E-state index in [9.17, 15) is 8.42 Å². The standard InChI is InChI=1S/C25H25BrN2O2S/c1-18-7-10-22(11-8-18)31(29,30)28-17-20-13-14-27(16-19-5-3-2-4-6-19)25(20)23-15-21(26)9-12-24(23)28/h2-12,15,20,25H,13-14,16-17H2,1H3/t20-,25-/m1/s1. The second kappa shape index (κ2) is 8.08. The first-order valence-corrected chi connectivity index (χ1v) is 12.8. The summed E-state index contributed by atoms with van der Waals surface area (Å²) in [5, 5.41) is 0. The van der Waals surface area contributed by atoms with Gasteiger partial charge < -0.3 is 0 Å². The van der Waals surface area contributed by atoms with Crippen LogP contribution in [0, 0.1) is 12.8 Å². The van der Waals surface area contributed by atoms with Crippen molar-refractivity contribution < 1.29 is 8.42 Å². The van der Waals surface area contributed by atoms with Crippen LogP contribution in [-0.4, -0.2) is 26.4 Å². The van der Waals surface area contributed by atoms with Crippen LogP contribution < -0.4 is 4.31 Å². The zero-order valence-corrected chi connectivity index (χ0v) is 19.8. The van der Waals surface area contributed by atoms with Crippen LogP contribution in [0.15, 0.2) is 82.2 Å². The van der Waals surface area contributed by atoms with Crippen molar-refractivity contribution in [1.29, 1.82) is 0 Å². The summed E-state index contributed by atoms with van der Waals surface area (Å²) in [6.07, 6.45) is 0.989. The van der Waals surface area contributed by atoms with Crippen LogP contribution in [0.5, 0.6) is 0 Å². The molecule has 5 rings (SSSR count). The van der Waals surface area contributed by atoms with Gasteiger partial charge >= 0.3 is 0 Å². The average molecular weight is 497 g/mol. The molecule has 0 spiro atoms. The Morgan fingerprint density at radius 3 is 2.48 bits per heavy atom. The normalized spacial score (nSPS) is 21.0. The Morgan fingerprint density at radius 2 is 1.74 bits per heavy atom. The fourth-order valence-corrected chi connectivity index (χ4v) is 6.86. The highest BCUT2D eigenvalue weighted by Crippen LogP contribution is 2.48. The van der Waals surface area contributed by atoms with Gasteiger partial charge in [-0.15, -0.1) is 0 Å². The Labute approximate surface area is 192 Å². The van der Waals surface area contributed by atoms with Gasteiger partial charge in [0.1, 0.15) is 0 Å². The smallest absolute Gasteiger partial charge is 0.264 e. The number of fused-ring (bicyclic) bond motifs is 3. The van der Waals surface area contributed by atoms with Gasteiger partial charge in [0.25, 0.3) is 10.0 Å². The molecule has 0 radical (unpaired) electrons. The van der Waals surface area contributed by atoms with E-state index in [4.69, 9.17) is 0 Å². The number of nitrogens with zero attached hydrogens (tertiary/aromatic N) is 2. The third-order valence-electron chi connectivity index (χ3n) is 6.44. The van der Waals surface area contributed by atoms with Crippen LogP contribution >= 0.6 is 15.9 Å². The Morgan fingerprint density at radius 1 is 1.00 bits per heavy atom. The van der Waals surface area contributed by atoms with Gasteiger partial charge in [0.15, 0.2) is 0 Å². The molecular formula is C25H25BrN2O2S. The van der Waals surface area contributed by atoms with E-state index in [1.54, 1.807) is 16.4 Å². The Kier molecular flexibility index (Phi) is 5.40. The van der Waals surface area contributed by atoms with Crippen molar-refractivity contribution in [2.75, 3.05) is 17.4 Å². The van der Waals surface area contributed by atoms with Crippen LogP contribution in [0.25, 0.3) is 0 Å². The minimum absolute atomic E-state index is 0.220. The Hall–Kier alpha value is -2.15. The number of halogens is 1. The maximum absolute atomic E-state index is 13.6. The van der Waals surface area contributed by atoms with Gasteiger partial charge in [-0.05, 0) is 67.3 Å². The molecule has 2 atom stereocenters. The molecule has 0 amide bonds. The summed E-state index contributed by atoms with van der Waals surface area (Å²) in [5.74, 6) is 0.269. The lowest BCUT2D eigenvalue weighted by atomic mass is 9.89. The minimum atomic E-state index is -3.62. The Bertz CT molecular complexity index is 1200. The van der Waals surface area contributed by atoms with Gasteiger partial charge in [-0.3, -0.25) is 9.21 Å². The Balaban J connectivity index is 1.55. The highest BCUT2D eigenvalue weighted by atomic mass is 79.9. The van der Waals surface area contributed by atoms with Crippen molar-refractivity contribution >= 4 is 31.6 Å². The summed E-state index contributed by atoms with van der Waals surface area (Å²) in [4.78, 5) is 2.85. The molecule has 3 aromatic rings. The minimum Gasteiger partial charge on any atom is -0.292 e. The SMILES string of the molecule is Cc1ccc(S(=O)(=O)N2C[C@H]3CCN(Cc4ccccc4)[C@H]3c3cc(Br)ccc32)cc1. The quantitative estimate of drug-likeness (QED) is 0.476. The zero-order chi connectivity index (χ0) is 21.6. The van der Waals surface area contributed by atoms with E-state index in [0.29, 0.717) is 11.4 Å². The summed E-state index contributed by atoms with van der Waals surface area (Å²) < 4.78 is 29.8. The summed E-state index contributed by atoms with van der Waals surface area (Å²) >= 11 is 3.61. The predicted molar refractivity (Wildman–Crippen MR) is 128 cm³/mol. The number of likely N-dealkylation sites (tertiary alicyclic amines) is 1. The molecule has 0 aliphatic carbocycles. The maximum Gasteiger partial charge on any atom is 0.264 e. The van der Waals surface area contributed by atoms with Crippen LogP contribution in [0.1, 0.15) is 29.2 Å². The number of hydrogen-bond donors (Lipinski definition) is 0. The highest BCUT2D eigenvalue weighted by molar-refractivity contribution is 9.10. The van der Waals surface area contributed by atoms with Crippen LogP contribution in [0.2, 0.25) is 0 Å². The van der Waals surface area contributed by atoms with Crippen LogP contribution in [-0.2, 0) is 16.6 Å². The van der Waals surface area contributed by atoms with Gasteiger partial charge in [0, 0.05) is 23.6 Å². The molecule has 160 valence electrons.